The summed E-state index contributed by atoms with van der Waals surface area (Å²) in [5.74, 6) is 0.241. The van der Waals surface area contributed by atoms with Gasteiger partial charge in [0.1, 0.15) is 11.3 Å². The van der Waals surface area contributed by atoms with Crippen LogP contribution >= 0.6 is 11.6 Å². The molecular weight excluding hydrogens is 414 g/mol. The monoisotopic (exact) mass is 433 g/mol. The fourth-order valence-electron chi connectivity index (χ4n) is 3.33. The Hall–Kier alpha value is -3.57. The number of ketones is 2. The molecular formula is C25H20ClNO4. The van der Waals surface area contributed by atoms with E-state index in [4.69, 9.17) is 20.8 Å². The Morgan fingerprint density at radius 2 is 1.71 bits per heavy atom. The molecule has 31 heavy (non-hydrogen) atoms. The predicted molar refractivity (Wildman–Crippen MR) is 122 cm³/mol. The van der Waals surface area contributed by atoms with E-state index in [0.717, 1.165) is 10.9 Å². The molecule has 1 aromatic heterocycles. The lowest BCUT2D eigenvalue weighted by Crippen LogP contribution is -2.15. The molecule has 5 nitrogen and oxygen atoms in total. The summed E-state index contributed by atoms with van der Waals surface area (Å²) in [5.41, 5.74) is 3.08. The van der Waals surface area contributed by atoms with Crippen molar-refractivity contribution >= 4 is 39.8 Å². The van der Waals surface area contributed by atoms with Crippen LogP contribution in [-0.4, -0.2) is 25.2 Å². The van der Waals surface area contributed by atoms with Gasteiger partial charge in [-0.05, 0) is 37.3 Å². The quantitative estimate of drug-likeness (QED) is 0.366. The number of ether oxygens (including phenoxy) is 1. The van der Waals surface area contributed by atoms with Gasteiger partial charge in [-0.2, -0.15) is 0 Å². The number of para-hydroxylation sites is 1. The van der Waals surface area contributed by atoms with Crippen LogP contribution in [0.3, 0.4) is 0 Å². The summed E-state index contributed by atoms with van der Waals surface area (Å²) in [7, 11) is 1.51. The van der Waals surface area contributed by atoms with Crippen LogP contribution in [-0.2, 0) is 0 Å². The fraction of sp³-hybridized carbons (Fsp3) is 0.120. The maximum atomic E-state index is 13.1. The molecule has 4 rings (SSSR count). The first-order valence-corrected chi connectivity index (χ1v) is 10.1. The van der Waals surface area contributed by atoms with Crippen molar-refractivity contribution in [2.75, 3.05) is 19.0 Å². The standard InChI is InChI=1S/C25H20ClNO4/c1-15-7-9-16(10-8-15)24(29)25-23(18-5-3-4-6-21(18)31-25)27-14-20(28)17-11-12-22(30-2)19(26)13-17/h3-13,27H,14H2,1-2H3. The first kappa shape index (κ1) is 20.7. The Kier molecular flexibility index (Phi) is 5.78. The van der Waals surface area contributed by atoms with Gasteiger partial charge < -0.3 is 14.5 Å². The van der Waals surface area contributed by atoms with Crippen molar-refractivity contribution in [3.05, 3.63) is 94.2 Å². The minimum Gasteiger partial charge on any atom is -0.495 e. The lowest BCUT2D eigenvalue weighted by atomic mass is 10.1. The molecule has 0 aliphatic rings. The molecule has 0 bridgehead atoms. The molecule has 0 radical (unpaired) electrons. The Morgan fingerprint density at radius 1 is 1.00 bits per heavy atom. The van der Waals surface area contributed by atoms with Crippen molar-refractivity contribution in [3.63, 3.8) is 0 Å². The Morgan fingerprint density at radius 3 is 2.42 bits per heavy atom. The molecule has 0 aliphatic heterocycles. The van der Waals surface area contributed by atoms with E-state index in [-0.39, 0.29) is 23.9 Å². The van der Waals surface area contributed by atoms with Crippen LogP contribution in [0, 0.1) is 6.92 Å². The molecule has 0 spiro atoms. The number of rotatable bonds is 7. The van der Waals surface area contributed by atoms with Crippen molar-refractivity contribution in [2.45, 2.75) is 6.92 Å². The average molecular weight is 434 g/mol. The molecule has 1 N–H and O–H groups in total. The van der Waals surface area contributed by atoms with Crippen LogP contribution in [0.25, 0.3) is 11.0 Å². The number of aryl methyl sites for hydroxylation is 1. The number of hydrogen-bond donors (Lipinski definition) is 1. The van der Waals surface area contributed by atoms with Gasteiger partial charge in [0.15, 0.2) is 11.5 Å². The highest BCUT2D eigenvalue weighted by atomic mass is 35.5. The van der Waals surface area contributed by atoms with Crippen LogP contribution < -0.4 is 10.1 Å². The average Bonchev–Trinajstić information content (AvgIpc) is 3.16. The molecule has 0 aliphatic carbocycles. The number of benzene rings is 3. The molecule has 6 heteroatoms. The summed E-state index contributed by atoms with van der Waals surface area (Å²) in [6.07, 6.45) is 0. The predicted octanol–water partition coefficient (Wildman–Crippen LogP) is 5.93. The molecule has 1 heterocycles. The molecule has 0 saturated heterocycles. The molecule has 0 unspecified atom stereocenters. The number of carbonyl (C=O) groups excluding carboxylic acids is 2. The van der Waals surface area contributed by atoms with Crippen molar-refractivity contribution in [1.29, 1.82) is 0 Å². The highest BCUT2D eigenvalue weighted by Crippen LogP contribution is 2.33. The van der Waals surface area contributed by atoms with Crippen LogP contribution in [0.1, 0.15) is 32.0 Å². The highest BCUT2D eigenvalue weighted by Gasteiger charge is 2.22. The Labute approximate surface area is 184 Å². The summed E-state index contributed by atoms with van der Waals surface area (Å²) < 4.78 is 11.0. The van der Waals surface area contributed by atoms with Gasteiger partial charge in [0.25, 0.3) is 0 Å². The SMILES string of the molecule is COc1ccc(C(=O)CNc2c(C(=O)c3ccc(C)cc3)oc3ccccc23)cc1Cl. The first-order valence-electron chi connectivity index (χ1n) is 9.71. The summed E-state index contributed by atoms with van der Waals surface area (Å²) >= 11 is 6.14. The lowest BCUT2D eigenvalue weighted by molar-refractivity contribution is 0.0997. The number of fused-ring (bicyclic) bond motifs is 1. The molecule has 0 fully saturated rings. The maximum Gasteiger partial charge on any atom is 0.230 e. The fourth-order valence-corrected chi connectivity index (χ4v) is 3.59. The smallest absolute Gasteiger partial charge is 0.230 e. The molecule has 0 atom stereocenters. The number of anilines is 1. The zero-order valence-electron chi connectivity index (χ0n) is 17.1. The number of halogens is 1. The highest BCUT2D eigenvalue weighted by molar-refractivity contribution is 6.32. The number of methoxy groups -OCH3 is 1. The summed E-state index contributed by atoms with van der Waals surface area (Å²) in [6.45, 7) is 1.93. The molecule has 4 aromatic rings. The van der Waals surface area contributed by atoms with Gasteiger partial charge in [0.05, 0.1) is 24.4 Å². The van der Waals surface area contributed by atoms with Gasteiger partial charge in [0, 0.05) is 16.5 Å². The molecule has 0 amide bonds. The third-order valence-electron chi connectivity index (χ3n) is 5.01. The third-order valence-corrected chi connectivity index (χ3v) is 5.31. The summed E-state index contributed by atoms with van der Waals surface area (Å²) in [4.78, 5) is 25.9. The van der Waals surface area contributed by atoms with Crippen molar-refractivity contribution < 1.29 is 18.7 Å². The van der Waals surface area contributed by atoms with E-state index in [2.05, 4.69) is 5.32 Å². The van der Waals surface area contributed by atoms with Gasteiger partial charge in [0.2, 0.25) is 5.78 Å². The number of hydrogen-bond acceptors (Lipinski definition) is 5. The Bertz CT molecular complexity index is 1270. The zero-order chi connectivity index (χ0) is 22.0. The second-order valence-electron chi connectivity index (χ2n) is 7.12. The van der Waals surface area contributed by atoms with E-state index in [9.17, 15) is 9.59 Å². The van der Waals surface area contributed by atoms with Gasteiger partial charge in [-0.15, -0.1) is 0 Å². The lowest BCUT2D eigenvalue weighted by Gasteiger charge is -2.08. The van der Waals surface area contributed by atoms with Gasteiger partial charge in [-0.3, -0.25) is 9.59 Å². The normalized spacial score (nSPS) is 10.8. The van der Waals surface area contributed by atoms with E-state index < -0.39 is 0 Å². The second kappa shape index (κ2) is 8.66. The van der Waals surface area contributed by atoms with Crippen molar-refractivity contribution in [1.82, 2.24) is 0 Å². The second-order valence-corrected chi connectivity index (χ2v) is 7.53. The number of furan rings is 1. The van der Waals surface area contributed by atoms with E-state index in [1.165, 1.54) is 7.11 Å². The Balaban J connectivity index is 1.64. The van der Waals surface area contributed by atoms with Crippen LogP contribution in [0.4, 0.5) is 5.69 Å². The minimum atomic E-state index is -0.251. The van der Waals surface area contributed by atoms with Gasteiger partial charge >= 0.3 is 0 Å². The first-order chi connectivity index (χ1) is 15.0. The van der Waals surface area contributed by atoms with Gasteiger partial charge in [-0.1, -0.05) is 53.6 Å². The maximum absolute atomic E-state index is 13.1. The largest absolute Gasteiger partial charge is 0.495 e. The molecule has 156 valence electrons. The molecule has 0 saturated carbocycles. The number of Topliss-reactive ketones (excluding diaryl/α,β-unsaturated/α-hetero) is 1. The molecule has 3 aromatic carbocycles. The summed E-state index contributed by atoms with van der Waals surface area (Å²) in [5, 5.41) is 4.20. The van der Waals surface area contributed by atoms with Crippen molar-refractivity contribution in [2.24, 2.45) is 0 Å². The van der Waals surface area contributed by atoms with Crippen LogP contribution in [0.2, 0.25) is 5.02 Å². The van der Waals surface area contributed by atoms with Crippen LogP contribution in [0.5, 0.6) is 5.75 Å². The van der Waals surface area contributed by atoms with Gasteiger partial charge in [-0.25, -0.2) is 0 Å². The van der Waals surface area contributed by atoms with E-state index in [1.807, 2.05) is 37.3 Å². The van der Waals surface area contributed by atoms with Crippen LogP contribution in [0.15, 0.2) is 71.1 Å². The number of carbonyl (C=O) groups is 2. The van der Waals surface area contributed by atoms with E-state index in [1.54, 1.807) is 36.4 Å². The topological polar surface area (TPSA) is 68.5 Å². The number of nitrogens with one attached hydrogen (secondary N) is 1. The van der Waals surface area contributed by atoms with Crippen molar-refractivity contribution in [3.8, 4) is 5.75 Å². The summed E-state index contributed by atoms with van der Waals surface area (Å²) in [6, 6.07) is 19.5. The van der Waals surface area contributed by atoms with E-state index in [0.29, 0.717) is 33.2 Å². The minimum absolute atomic E-state index is 0.0274. The van der Waals surface area contributed by atoms with E-state index >= 15 is 0 Å². The zero-order valence-corrected chi connectivity index (χ0v) is 17.8. The third kappa shape index (κ3) is 4.18.